The van der Waals surface area contributed by atoms with Gasteiger partial charge in [-0.15, -0.1) is 0 Å². The Hall–Kier alpha value is -2.45. The van der Waals surface area contributed by atoms with Crippen molar-refractivity contribution < 1.29 is 13.2 Å². The van der Waals surface area contributed by atoms with Crippen LogP contribution in [0.25, 0.3) is 0 Å². The predicted molar refractivity (Wildman–Crippen MR) is 110 cm³/mol. The van der Waals surface area contributed by atoms with Crippen molar-refractivity contribution in [2.75, 3.05) is 29.9 Å². The molecule has 1 aliphatic heterocycles. The molecule has 0 unspecified atom stereocenters. The van der Waals surface area contributed by atoms with E-state index in [1.165, 1.54) is 12.1 Å². The number of amides is 1. The standard InChI is InChI=1S/C20H26N4O3S/c1-2-3-12-22-28(26,27)17-9-6-8-16(15-17)23-20(25)18-10-7-11-21-19(18)24-13-4-5-14-24/h6-11,15,22H,2-5,12-14H2,1H3,(H,23,25). The van der Waals surface area contributed by atoms with Gasteiger partial charge in [-0.3, -0.25) is 4.79 Å². The Kier molecular flexibility index (Phi) is 6.64. The first kappa shape index (κ1) is 20.3. The molecular formula is C20H26N4O3S. The topological polar surface area (TPSA) is 91.4 Å². The van der Waals surface area contributed by atoms with Crippen molar-refractivity contribution in [1.29, 1.82) is 0 Å². The Morgan fingerprint density at radius 1 is 1.18 bits per heavy atom. The van der Waals surface area contributed by atoms with Gasteiger partial charge in [0, 0.05) is 31.5 Å². The number of pyridine rings is 1. The van der Waals surface area contributed by atoms with Crippen molar-refractivity contribution in [1.82, 2.24) is 9.71 Å². The van der Waals surface area contributed by atoms with Crippen LogP contribution in [0.15, 0.2) is 47.5 Å². The molecule has 0 radical (unpaired) electrons. The van der Waals surface area contributed by atoms with Gasteiger partial charge in [-0.1, -0.05) is 19.4 Å². The first-order chi connectivity index (χ1) is 13.5. The summed E-state index contributed by atoms with van der Waals surface area (Å²) < 4.78 is 27.4. The number of carbonyl (C=O) groups excluding carboxylic acids is 1. The first-order valence-electron chi connectivity index (χ1n) is 9.62. The summed E-state index contributed by atoms with van der Waals surface area (Å²) in [4.78, 5) is 19.4. The third-order valence-corrected chi connectivity index (χ3v) is 6.12. The molecule has 2 N–H and O–H groups in total. The van der Waals surface area contributed by atoms with Gasteiger partial charge in [0.1, 0.15) is 5.82 Å². The van der Waals surface area contributed by atoms with Crippen molar-refractivity contribution >= 4 is 27.4 Å². The summed E-state index contributed by atoms with van der Waals surface area (Å²) in [6.45, 7) is 4.16. The summed E-state index contributed by atoms with van der Waals surface area (Å²) in [5.41, 5.74) is 0.915. The zero-order valence-corrected chi connectivity index (χ0v) is 16.8. The van der Waals surface area contributed by atoms with Crippen LogP contribution in [0.3, 0.4) is 0 Å². The van der Waals surface area contributed by atoms with Crippen LogP contribution in [-0.2, 0) is 10.0 Å². The molecule has 1 saturated heterocycles. The fourth-order valence-electron chi connectivity index (χ4n) is 3.16. The number of aromatic nitrogens is 1. The molecule has 1 amide bonds. The molecule has 0 atom stereocenters. The van der Waals surface area contributed by atoms with E-state index >= 15 is 0 Å². The van der Waals surface area contributed by atoms with Crippen molar-refractivity contribution in [3.05, 3.63) is 48.2 Å². The highest BCUT2D eigenvalue weighted by Crippen LogP contribution is 2.23. The highest BCUT2D eigenvalue weighted by molar-refractivity contribution is 7.89. The van der Waals surface area contributed by atoms with Crippen LogP contribution in [0, 0.1) is 0 Å². The maximum absolute atomic E-state index is 12.8. The zero-order valence-electron chi connectivity index (χ0n) is 16.0. The Morgan fingerprint density at radius 3 is 2.71 bits per heavy atom. The highest BCUT2D eigenvalue weighted by atomic mass is 32.2. The van der Waals surface area contributed by atoms with Crippen LogP contribution >= 0.6 is 0 Å². The number of anilines is 2. The van der Waals surface area contributed by atoms with Crippen LogP contribution in [0.1, 0.15) is 43.0 Å². The fourth-order valence-corrected chi connectivity index (χ4v) is 4.28. The lowest BCUT2D eigenvalue weighted by Gasteiger charge is -2.19. The molecule has 0 saturated carbocycles. The van der Waals surface area contributed by atoms with Gasteiger partial charge in [-0.25, -0.2) is 18.1 Å². The Balaban J connectivity index is 1.77. The van der Waals surface area contributed by atoms with E-state index in [1.807, 2.05) is 6.92 Å². The van der Waals surface area contributed by atoms with Crippen LogP contribution < -0.4 is 14.9 Å². The van der Waals surface area contributed by atoms with E-state index < -0.39 is 10.0 Å². The number of unbranched alkanes of at least 4 members (excludes halogenated alkanes) is 1. The molecular weight excluding hydrogens is 376 g/mol. The van der Waals surface area contributed by atoms with Crippen molar-refractivity contribution in [3.63, 3.8) is 0 Å². The van der Waals surface area contributed by atoms with Crippen LogP contribution in [0.2, 0.25) is 0 Å². The van der Waals surface area contributed by atoms with Gasteiger partial charge in [-0.05, 0) is 49.6 Å². The summed E-state index contributed by atoms with van der Waals surface area (Å²) in [6.07, 6.45) is 5.53. The maximum Gasteiger partial charge on any atom is 0.259 e. The van der Waals surface area contributed by atoms with Gasteiger partial charge >= 0.3 is 0 Å². The van der Waals surface area contributed by atoms with E-state index in [0.29, 0.717) is 23.6 Å². The van der Waals surface area contributed by atoms with E-state index in [1.54, 1.807) is 30.5 Å². The van der Waals surface area contributed by atoms with E-state index in [2.05, 4.69) is 19.9 Å². The summed E-state index contributed by atoms with van der Waals surface area (Å²) in [7, 11) is -3.60. The van der Waals surface area contributed by atoms with E-state index in [-0.39, 0.29) is 10.8 Å². The van der Waals surface area contributed by atoms with E-state index in [9.17, 15) is 13.2 Å². The van der Waals surface area contributed by atoms with Crippen molar-refractivity contribution in [2.24, 2.45) is 0 Å². The Morgan fingerprint density at radius 2 is 1.96 bits per heavy atom. The lowest BCUT2D eigenvalue weighted by atomic mass is 10.2. The minimum atomic E-state index is -3.60. The third kappa shape index (κ3) is 4.88. The summed E-state index contributed by atoms with van der Waals surface area (Å²) in [5.74, 6) is 0.367. The zero-order chi connectivity index (χ0) is 20.0. The average Bonchev–Trinajstić information content (AvgIpc) is 3.23. The maximum atomic E-state index is 12.8. The minimum absolute atomic E-state index is 0.132. The molecule has 28 heavy (non-hydrogen) atoms. The molecule has 8 heteroatoms. The Bertz CT molecular complexity index is 925. The van der Waals surface area contributed by atoms with Gasteiger partial charge in [0.2, 0.25) is 10.0 Å². The normalized spacial score (nSPS) is 14.2. The quantitative estimate of drug-likeness (QED) is 0.662. The lowest BCUT2D eigenvalue weighted by molar-refractivity contribution is 0.102. The first-order valence-corrected chi connectivity index (χ1v) is 11.1. The largest absolute Gasteiger partial charge is 0.356 e. The molecule has 150 valence electrons. The minimum Gasteiger partial charge on any atom is -0.356 e. The molecule has 3 rings (SSSR count). The number of hydrogen-bond acceptors (Lipinski definition) is 5. The molecule has 1 aromatic carbocycles. The van der Waals surface area contributed by atoms with E-state index in [0.717, 1.165) is 38.8 Å². The number of sulfonamides is 1. The summed E-state index contributed by atoms with van der Waals surface area (Å²) in [6, 6.07) is 9.75. The molecule has 1 aliphatic rings. The van der Waals surface area contributed by atoms with Crippen LogP contribution in [-0.4, -0.2) is 38.9 Å². The summed E-state index contributed by atoms with van der Waals surface area (Å²) >= 11 is 0. The molecule has 1 fully saturated rings. The van der Waals surface area contributed by atoms with Gasteiger partial charge in [0.05, 0.1) is 10.5 Å². The van der Waals surface area contributed by atoms with E-state index in [4.69, 9.17) is 0 Å². The SMILES string of the molecule is CCCCNS(=O)(=O)c1cccc(NC(=O)c2cccnc2N2CCCC2)c1. The fraction of sp³-hybridized carbons (Fsp3) is 0.400. The molecule has 2 aromatic rings. The van der Waals surface area contributed by atoms with Crippen molar-refractivity contribution in [2.45, 2.75) is 37.5 Å². The smallest absolute Gasteiger partial charge is 0.259 e. The van der Waals surface area contributed by atoms with Gasteiger partial charge in [-0.2, -0.15) is 0 Å². The van der Waals surface area contributed by atoms with Crippen LogP contribution in [0.5, 0.6) is 0 Å². The van der Waals surface area contributed by atoms with Gasteiger partial charge < -0.3 is 10.2 Å². The number of nitrogens with one attached hydrogen (secondary N) is 2. The highest BCUT2D eigenvalue weighted by Gasteiger charge is 2.21. The molecule has 7 nitrogen and oxygen atoms in total. The Labute approximate surface area is 166 Å². The number of carbonyl (C=O) groups is 1. The number of nitrogens with zero attached hydrogens (tertiary/aromatic N) is 2. The third-order valence-electron chi connectivity index (χ3n) is 4.66. The molecule has 1 aromatic heterocycles. The number of hydrogen-bond donors (Lipinski definition) is 2. The second kappa shape index (κ2) is 9.16. The summed E-state index contributed by atoms with van der Waals surface area (Å²) in [5, 5.41) is 2.80. The van der Waals surface area contributed by atoms with Gasteiger partial charge in [0.15, 0.2) is 0 Å². The number of rotatable bonds is 8. The molecule has 2 heterocycles. The monoisotopic (exact) mass is 402 g/mol. The predicted octanol–water partition coefficient (Wildman–Crippen LogP) is 3.01. The lowest BCUT2D eigenvalue weighted by Crippen LogP contribution is -2.25. The van der Waals surface area contributed by atoms with Gasteiger partial charge in [0.25, 0.3) is 5.91 Å². The molecule has 0 aliphatic carbocycles. The molecule has 0 bridgehead atoms. The average molecular weight is 403 g/mol. The number of benzene rings is 1. The van der Waals surface area contributed by atoms with Crippen molar-refractivity contribution in [3.8, 4) is 0 Å². The second-order valence-corrected chi connectivity index (χ2v) is 8.57. The molecule has 0 spiro atoms. The van der Waals surface area contributed by atoms with Crippen LogP contribution in [0.4, 0.5) is 11.5 Å². The second-order valence-electron chi connectivity index (χ2n) is 6.80.